The fourth-order valence-corrected chi connectivity index (χ4v) is 2.58. The van der Waals surface area contributed by atoms with Crippen LogP contribution in [0.3, 0.4) is 0 Å². The zero-order valence-corrected chi connectivity index (χ0v) is 12.9. The molecule has 0 bridgehead atoms. The molecule has 110 valence electrons. The zero-order valence-electron chi connectivity index (χ0n) is 11.3. The first-order valence-electron chi connectivity index (χ1n) is 6.36. The van der Waals surface area contributed by atoms with Gasteiger partial charge in [0.15, 0.2) is 6.61 Å². The van der Waals surface area contributed by atoms with E-state index >= 15 is 0 Å². The van der Waals surface area contributed by atoms with Crippen LogP contribution in [0.5, 0.6) is 5.75 Å². The van der Waals surface area contributed by atoms with E-state index in [4.69, 9.17) is 4.74 Å². The molecule has 0 heterocycles. The average Bonchev–Trinajstić information content (AvgIpc) is 2.37. The summed E-state index contributed by atoms with van der Waals surface area (Å²) in [5, 5.41) is 12.4. The maximum atomic E-state index is 12.9. The maximum absolute atomic E-state index is 12.9. The number of nitrogens with one attached hydrogen (secondary N) is 1. The van der Waals surface area contributed by atoms with Crippen LogP contribution >= 0.6 is 15.9 Å². The van der Waals surface area contributed by atoms with Crippen molar-refractivity contribution in [3.05, 3.63) is 28.5 Å². The quantitative estimate of drug-likeness (QED) is 0.879. The molecule has 2 unspecified atom stereocenters. The Morgan fingerprint density at radius 2 is 2.30 bits per heavy atom. The van der Waals surface area contributed by atoms with Crippen molar-refractivity contribution in [1.29, 1.82) is 0 Å². The predicted octanol–water partition coefficient (Wildman–Crippen LogP) is 2.24. The van der Waals surface area contributed by atoms with Crippen molar-refractivity contribution < 1.29 is 19.0 Å². The molecule has 1 aromatic rings. The minimum absolute atomic E-state index is 0.0507. The summed E-state index contributed by atoms with van der Waals surface area (Å²) in [4.78, 5) is 11.8. The van der Waals surface area contributed by atoms with Crippen LogP contribution in [0, 0.1) is 11.2 Å². The summed E-state index contributed by atoms with van der Waals surface area (Å²) in [5.41, 5.74) is -0.313. The minimum Gasteiger partial charge on any atom is -0.483 e. The van der Waals surface area contributed by atoms with Crippen molar-refractivity contribution in [2.75, 3.05) is 6.61 Å². The summed E-state index contributed by atoms with van der Waals surface area (Å²) in [6, 6.07) is 3.96. The van der Waals surface area contributed by atoms with E-state index in [0.29, 0.717) is 16.6 Å². The molecule has 1 aliphatic rings. The second-order valence-electron chi connectivity index (χ2n) is 5.56. The Morgan fingerprint density at radius 3 is 2.85 bits per heavy atom. The van der Waals surface area contributed by atoms with E-state index in [0.717, 1.165) is 0 Å². The summed E-state index contributed by atoms with van der Waals surface area (Å²) in [5.74, 6) is -0.223. The first kappa shape index (κ1) is 15.3. The number of ether oxygens (including phenoxy) is 1. The topological polar surface area (TPSA) is 58.6 Å². The summed E-state index contributed by atoms with van der Waals surface area (Å²) in [7, 11) is 0. The fraction of sp³-hybridized carbons (Fsp3) is 0.500. The largest absolute Gasteiger partial charge is 0.483 e. The molecule has 6 heteroatoms. The van der Waals surface area contributed by atoms with Crippen molar-refractivity contribution >= 4 is 21.8 Å². The number of aliphatic hydroxyl groups excluding tert-OH is 1. The molecule has 0 aliphatic heterocycles. The molecule has 1 amide bonds. The highest BCUT2D eigenvalue weighted by Gasteiger charge is 2.47. The van der Waals surface area contributed by atoms with Crippen molar-refractivity contribution in [3.8, 4) is 5.75 Å². The third kappa shape index (κ3) is 3.12. The van der Waals surface area contributed by atoms with Crippen LogP contribution in [0.4, 0.5) is 4.39 Å². The summed E-state index contributed by atoms with van der Waals surface area (Å²) in [6.45, 7) is 3.67. The molecule has 2 N–H and O–H groups in total. The monoisotopic (exact) mass is 345 g/mol. The van der Waals surface area contributed by atoms with Crippen LogP contribution in [0.15, 0.2) is 22.7 Å². The van der Waals surface area contributed by atoms with Crippen LogP contribution in [0.25, 0.3) is 0 Å². The molecule has 1 saturated carbocycles. The van der Waals surface area contributed by atoms with Gasteiger partial charge in [-0.2, -0.15) is 0 Å². The number of hydrogen-bond donors (Lipinski definition) is 2. The lowest BCUT2D eigenvalue weighted by Crippen LogP contribution is -2.61. The molecule has 0 spiro atoms. The van der Waals surface area contributed by atoms with Gasteiger partial charge >= 0.3 is 0 Å². The molecular formula is C14H17BrFNO3. The Bertz CT molecular complexity index is 521. The number of carbonyl (C=O) groups excluding carboxylic acids is 1. The Balaban J connectivity index is 1.84. The lowest BCUT2D eigenvalue weighted by molar-refractivity contribution is -0.131. The van der Waals surface area contributed by atoms with Crippen molar-refractivity contribution in [2.45, 2.75) is 32.4 Å². The van der Waals surface area contributed by atoms with Gasteiger partial charge in [-0.15, -0.1) is 0 Å². The van der Waals surface area contributed by atoms with Gasteiger partial charge in [-0.25, -0.2) is 4.39 Å². The smallest absolute Gasteiger partial charge is 0.258 e. The van der Waals surface area contributed by atoms with E-state index in [1.807, 2.05) is 13.8 Å². The van der Waals surface area contributed by atoms with Gasteiger partial charge in [-0.05, 0) is 40.5 Å². The summed E-state index contributed by atoms with van der Waals surface area (Å²) >= 11 is 3.17. The highest BCUT2D eigenvalue weighted by Crippen LogP contribution is 2.40. The predicted molar refractivity (Wildman–Crippen MR) is 75.9 cm³/mol. The van der Waals surface area contributed by atoms with Crippen LogP contribution in [-0.2, 0) is 4.79 Å². The maximum Gasteiger partial charge on any atom is 0.258 e. The summed E-state index contributed by atoms with van der Waals surface area (Å²) < 4.78 is 18.7. The Kier molecular flexibility index (Phi) is 4.34. The molecular weight excluding hydrogens is 329 g/mol. The minimum atomic E-state index is -0.389. The molecule has 0 aromatic heterocycles. The molecule has 1 fully saturated rings. The van der Waals surface area contributed by atoms with Gasteiger partial charge in [0.05, 0.1) is 10.6 Å². The van der Waals surface area contributed by atoms with Crippen LogP contribution < -0.4 is 10.1 Å². The van der Waals surface area contributed by atoms with Crippen LogP contribution in [0.1, 0.15) is 20.3 Å². The van der Waals surface area contributed by atoms with Gasteiger partial charge in [0.25, 0.3) is 5.91 Å². The van der Waals surface area contributed by atoms with Crippen LogP contribution in [0.2, 0.25) is 0 Å². The van der Waals surface area contributed by atoms with E-state index in [2.05, 4.69) is 21.2 Å². The van der Waals surface area contributed by atoms with Gasteiger partial charge in [-0.3, -0.25) is 4.79 Å². The average molecular weight is 346 g/mol. The van der Waals surface area contributed by atoms with E-state index in [9.17, 15) is 14.3 Å². The number of hydrogen-bond acceptors (Lipinski definition) is 3. The highest BCUT2D eigenvalue weighted by molar-refractivity contribution is 9.10. The number of amides is 1. The van der Waals surface area contributed by atoms with E-state index in [1.54, 1.807) is 0 Å². The molecule has 1 aromatic carbocycles. The van der Waals surface area contributed by atoms with Gasteiger partial charge < -0.3 is 15.2 Å². The number of aliphatic hydroxyl groups is 1. The van der Waals surface area contributed by atoms with E-state index < -0.39 is 0 Å². The zero-order chi connectivity index (χ0) is 14.9. The van der Waals surface area contributed by atoms with Gasteiger partial charge in [0, 0.05) is 11.5 Å². The fourth-order valence-electron chi connectivity index (χ4n) is 2.12. The first-order valence-corrected chi connectivity index (χ1v) is 7.15. The molecule has 20 heavy (non-hydrogen) atoms. The lowest BCUT2D eigenvalue weighted by atomic mass is 9.64. The second-order valence-corrected chi connectivity index (χ2v) is 6.41. The number of carbonyl (C=O) groups is 1. The standard InChI is InChI=1S/C14H17BrFNO3/c1-14(2)11(6-12(14)18)17-13(19)7-20-10-4-3-8(16)5-9(10)15/h3-5,11-12,18H,6-7H2,1-2H3,(H,17,19). The van der Waals surface area contributed by atoms with Gasteiger partial charge in [0.1, 0.15) is 11.6 Å². The van der Waals surface area contributed by atoms with E-state index in [1.165, 1.54) is 18.2 Å². The molecule has 2 atom stereocenters. The third-order valence-corrected chi connectivity index (χ3v) is 4.42. The Morgan fingerprint density at radius 1 is 1.60 bits per heavy atom. The molecule has 0 saturated heterocycles. The van der Waals surface area contributed by atoms with E-state index in [-0.39, 0.29) is 35.9 Å². The number of halogens is 2. The molecule has 4 nitrogen and oxygen atoms in total. The third-order valence-electron chi connectivity index (χ3n) is 3.80. The molecule has 1 aliphatic carbocycles. The molecule has 2 rings (SSSR count). The first-order chi connectivity index (χ1) is 9.30. The van der Waals surface area contributed by atoms with Crippen molar-refractivity contribution in [2.24, 2.45) is 5.41 Å². The van der Waals surface area contributed by atoms with Crippen molar-refractivity contribution in [3.63, 3.8) is 0 Å². The normalized spacial score (nSPS) is 23.9. The lowest BCUT2D eigenvalue weighted by Gasteiger charge is -2.49. The number of benzene rings is 1. The van der Waals surface area contributed by atoms with Crippen molar-refractivity contribution in [1.82, 2.24) is 5.32 Å². The molecule has 0 radical (unpaired) electrons. The Hall–Kier alpha value is -1.14. The summed E-state index contributed by atoms with van der Waals surface area (Å²) in [6.07, 6.45) is 0.166. The van der Waals surface area contributed by atoms with Gasteiger partial charge in [-0.1, -0.05) is 13.8 Å². The van der Waals surface area contributed by atoms with Crippen LogP contribution in [-0.4, -0.2) is 29.8 Å². The second kappa shape index (κ2) is 5.69. The Labute approximate surface area is 125 Å². The number of rotatable bonds is 4. The SMILES string of the molecule is CC1(C)C(O)CC1NC(=O)COc1ccc(F)cc1Br. The van der Waals surface area contributed by atoms with Gasteiger partial charge in [0.2, 0.25) is 0 Å². The highest BCUT2D eigenvalue weighted by atomic mass is 79.9.